The molecule has 1 amide bonds. The topological polar surface area (TPSA) is 65.8 Å². The van der Waals surface area contributed by atoms with Crippen LogP contribution in [-0.4, -0.2) is 55.5 Å². The molecule has 186 valence electrons. The van der Waals surface area contributed by atoms with Crippen LogP contribution < -0.4 is 14.2 Å². The number of aryl methyl sites for hydroxylation is 1. The third-order valence-corrected chi connectivity index (χ3v) is 6.10. The third kappa shape index (κ3) is 5.35. The van der Waals surface area contributed by atoms with E-state index in [0.29, 0.717) is 35.9 Å². The first-order valence-corrected chi connectivity index (χ1v) is 11.7. The van der Waals surface area contributed by atoms with Crippen molar-refractivity contribution in [3.8, 4) is 34.2 Å². The lowest BCUT2D eigenvalue weighted by Crippen LogP contribution is -2.30. The summed E-state index contributed by atoms with van der Waals surface area (Å²) in [5.74, 6) is 1.97. The zero-order valence-corrected chi connectivity index (χ0v) is 21.3. The van der Waals surface area contributed by atoms with Crippen LogP contribution in [0.3, 0.4) is 0 Å². The predicted molar refractivity (Wildman–Crippen MR) is 140 cm³/mol. The smallest absolute Gasteiger partial charge is 0.272 e. The van der Waals surface area contributed by atoms with E-state index in [1.165, 1.54) is 0 Å². The first kappa shape index (κ1) is 24.9. The predicted octanol–water partition coefficient (Wildman–Crippen LogP) is 5.19. The number of amides is 1. The van der Waals surface area contributed by atoms with E-state index in [4.69, 9.17) is 19.3 Å². The summed E-state index contributed by atoms with van der Waals surface area (Å²) in [7, 11) is 6.66. The van der Waals surface area contributed by atoms with Gasteiger partial charge in [0.1, 0.15) is 11.4 Å². The minimum atomic E-state index is -0.113. The average Bonchev–Trinajstić information content (AvgIpc) is 3.37. The van der Waals surface area contributed by atoms with Gasteiger partial charge in [-0.15, -0.1) is 0 Å². The van der Waals surface area contributed by atoms with Crippen molar-refractivity contribution in [1.82, 2.24) is 14.7 Å². The van der Waals surface area contributed by atoms with Crippen molar-refractivity contribution in [2.24, 2.45) is 0 Å². The summed E-state index contributed by atoms with van der Waals surface area (Å²) in [6.45, 7) is 2.56. The van der Waals surface area contributed by atoms with Crippen LogP contribution in [0.2, 0.25) is 0 Å². The molecule has 36 heavy (non-hydrogen) atoms. The highest BCUT2D eigenvalue weighted by molar-refractivity contribution is 5.94. The molecule has 0 saturated heterocycles. The fourth-order valence-electron chi connectivity index (χ4n) is 3.97. The van der Waals surface area contributed by atoms with Gasteiger partial charge in [0.05, 0.1) is 32.7 Å². The van der Waals surface area contributed by atoms with Gasteiger partial charge in [0, 0.05) is 19.2 Å². The number of aromatic nitrogens is 2. The van der Waals surface area contributed by atoms with E-state index in [-0.39, 0.29) is 5.91 Å². The molecule has 0 bridgehead atoms. The Balaban J connectivity index is 1.62. The summed E-state index contributed by atoms with van der Waals surface area (Å²) in [6.07, 6.45) is 0.671. The Kier molecular flexibility index (Phi) is 7.59. The molecule has 0 radical (unpaired) electrons. The Hall–Kier alpha value is -4.26. The average molecular weight is 486 g/mol. The SMILES string of the molecule is COc1cccc(-c2cc(C(=O)N(C)CCc3ccc(OC)c(OC)c3)n(-c3ccc(C)cc3)n2)c1. The van der Waals surface area contributed by atoms with Crippen molar-refractivity contribution in [3.05, 3.63) is 89.6 Å². The third-order valence-electron chi connectivity index (χ3n) is 6.10. The number of methoxy groups -OCH3 is 3. The molecule has 3 aromatic carbocycles. The molecule has 0 aliphatic heterocycles. The number of carbonyl (C=O) groups excluding carboxylic acids is 1. The molecular weight excluding hydrogens is 454 g/mol. The number of ether oxygens (including phenoxy) is 3. The van der Waals surface area contributed by atoms with Gasteiger partial charge in [0.2, 0.25) is 0 Å². The molecular formula is C29H31N3O4. The molecule has 0 saturated carbocycles. The molecule has 7 nitrogen and oxygen atoms in total. The molecule has 7 heteroatoms. The van der Waals surface area contributed by atoms with E-state index < -0.39 is 0 Å². The number of nitrogens with zero attached hydrogens (tertiary/aromatic N) is 3. The second-order valence-electron chi connectivity index (χ2n) is 8.56. The summed E-state index contributed by atoms with van der Waals surface area (Å²) >= 11 is 0. The zero-order valence-electron chi connectivity index (χ0n) is 21.3. The Morgan fingerprint density at radius 3 is 2.33 bits per heavy atom. The molecule has 0 aliphatic carbocycles. The van der Waals surface area contributed by atoms with Crippen LogP contribution in [0.25, 0.3) is 16.9 Å². The fourth-order valence-corrected chi connectivity index (χ4v) is 3.97. The Labute approximate surface area is 211 Å². The van der Waals surface area contributed by atoms with Crippen molar-refractivity contribution in [2.45, 2.75) is 13.3 Å². The molecule has 4 aromatic rings. The maximum Gasteiger partial charge on any atom is 0.272 e. The number of rotatable bonds is 9. The van der Waals surface area contributed by atoms with Crippen molar-refractivity contribution in [3.63, 3.8) is 0 Å². The van der Waals surface area contributed by atoms with E-state index in [0.717, 1.165) is 28.1 Å². The van der Waals surface area contributed by atoms with Gasteiger partial charge in [-0.05, 0) is 61.4 Å². The van der Waals surface area contributed by atoms with E-state index >= 15 is 0 Å². The first-order chi connectivity index (χ1) is 17.4. The van der Waals surface area contributed by atoms with Crippen LogP contribution >= 0.6 is 0 Å². The molecule has 0 atom stereocenters. The van der Waals surface area contributed by atoms with Gasteiger partial charge in [0.15, 0.2) is 11.5 Å². The minimum absolute atomic E-state index is 0.113. The molecule has 1 aromatic heterocycles. The number of carbonyl (C=O) groups is 1. The maximum absolute atomic E-state index is 13.6. The van der Waals surface area contributed by atoms with E-state index in [1.807, 2.05) is 79.7 Å². The summed E-state index contributed by atoms with van der Waals surface area (Å²) in [5, 5.41) is 4.80. The van der Waals surface area contributed by atoms with Crippen LogP contribution in [-0.2, 0) is 6.42 Å². The van der Waals surface area contributed by atoms with Crippen molar-refractivity contribution in [1.29, 1.82) is 0 Å². The second-order valence-corrected chi connectivity index (χ2v) is 8.56. The van der Waals surface area contributed by atoms with Crippen LogP contribution in [0.1, 0.15) is 21.6 Å². The fraction of sp³-hybridized carbons (Fsp3) is 0.241. The molecule has 0 aliphatic rings. The number of likely N-dealkylation sites (N-methyl/N-ethyl adjacent to an activating group) is 1. The number of benzene rings is 3. The van der Waals surface area contributed by atoms with Crippen molar-refractivity contribution in [2.75, 3.05) is 34.9 Å². The Morgan fingerprint density at radius 1 is 0.889 bits per heavy atom. The molecule has 0 N–H and O–H groups in total. The highest BCUT2D eigenvalue weighted by Crippen LogP contribution is 2.28. The van der Waals surface area contributed by atoms with Gasteiger partial charge in [0.25, 0.3) is 5.91 Å². The van der Waals surface area contributed by atoms with Gasteiger partial charge in [-0.2, -0.15) is 5.10 Å². The summed E-state index contributed by atoms with van der Waals surface area (Å²) in [6, 6.07) is 23.3. The highest BCUT2D eigenvalue weighted by Gasteiger charge is 2.21. The highest BCUT2D eigenvalue weighted by atomic mass is 16.5. The molecule has 0 spiro atoms. The van der Waals surface area contributed by atoms with Crippen molar-refractivity contribution >= 4 is 5.91 Å². The number of hydrogen-bond donors (Lipinski definition) is 0. The summed E-state index contributed by atoms with van der Waals surface area (Å²) in [5.41, 5.74) is 5.08. The Morgan fingerprint density at radius 2 is 1.64 bits per heavy atom. The van der Waals surface area contributed by atoms with Gasteiger partial charge in [-0.3, -0.25) is 4.79 Å². The monoisotopic (exact) mass is 485 g/mol. The maximum atomic E-state index is 13.6. The van der Waals surface area contributed by atoms with E-state index in [1.54, 1.807) is 38.0 Å². The van der Waals surface area contributed by atoms with Crippen LogP contribution in [0, 0.1) is 6.92 Å². The van der Waals surface area contributed by atoms with E-state index in [9.17, 15) is 4.79 Å². The van der Waals surface area contributed by atoms with Gasteiger partial charge < -0.3 is 19.1 Å². The lowest BCUT2D eigenvalue weighted by Gasteiger charge is -2.18. The Bertz CT molecular complexity index is 1350. The van der Waals surface area contributed by atoms with Crippen LogP contribution in [0.15, 0.2) is 72.8 Å². The summed E-state index contributed by atoms with van der Waals surface area (Å²) in [4.78, 5) is 15.3. The van der Waals surface area contributed by atoms with Crippen LogP contribution in [0.4, 0.5) is 0 Å². The zero-order chi connectivity index (χ0) is 25.7. The second kappa shape index (κ2) is 11.0. The van der Waals surface area contributed by atoms with Gasteiger partial charge >= 0.3 is 0 Å². The molecule has 0 unspecified atom stereocenters. The van der Waals surface area contributed by atoms with Gasteiger partial charge in [-0.25, -0.2) is 4.68 Å². The summed E-state index contributed by atoms with van der Waals surface area (Å²) < 4.78 is 17.8. The largest absolute Gasteiger partial charge is 0.497 e. The van der Waals surface area contributed by atoms with Crippen molar-refractivity contribution < 1.29 is 19.0 Å². The molecule has 1 heterocycles. The first-order valence-electron chi connectivity index (χ1n) is 11.7. The lowest BCUT2D eigenvalue weighted by atomic mass is 10.1. The quantitative estimate of drug-likeness (QED) is 0.327. The number of hydrogen-bond acceptors (Lipinski definition) is 5. The lowest BCUT2D eigenvalue weighted by molar-refractivity contribution is 0.0787. The van der Waals surface area contributed by atoms with Crippen LogP contribution in [0.5, 0.6) is 17.2 Å². The molecule has 0 fully saturated rings. The normalized spacial score (nSPS) is 10.7. The van der Waals surface area contributed by atoms with Gasteiger partial charge in [-0.1, -0.05) is 35.9 Å². The molecule has 4 rings (SSSR count). The standard InChI is InChI=1S/C29H31N3O4/c1-20-9-12-23(13-10-20)32-26(19-25(30-32)22-7-6-8-24(18-22)34-3)29(33)31(2)16-15-21-11-14-27(35-4)28(17-21)36-5/h6-14,17-19H,15-16H2,1-5H3. The van der Waals surface area contributed by atoms with E-state index in [2.05, 4.69) is 0 Å². The minimum Gasteiger partial charge on any atom is -0.497 e.